The van der Waals surface area contributed by atoms with Crippen LogP contribution in [0.4, 0.5) is 5.69 Å². The summed E-state index contributed by atoms with van der Waals surface area (Å²) in [5.74, 6) is 0.0453. The Labute approximate surface area is 166 Å². The summed E-state index contributed by atoms with van der Waals surface area (Å²) in [4.78, 5) is 17.4. The number of nitrogens with zero attached hydrogens (tertiary/aromatic N) is 2. The van der Waals surface area contributed by atoms with Gasteiger partial charge in [-0.1, -0.05) is 75.8 Å². The molecule has 0 N–H and O–H groups in total. The van der Waals surface area contributed by atoms with Crippen LogP contribution in [0.15, 0.2) is 47.0 Å². The maximum atomic E-state index is 12.7. The van der Waals surface area contributed by atoms with Crippen molar-refractivity contribution >= 4 is 39.9 Å². The number of para-hydroxylation sites is 1. The first-order valence-corrected chi connectivity index (χ1v) is 10.4. The van der Waals surface area contributed by atoms with Crippen LogP contribution in [0.2, 0.25) is 0 Å². The van der Waals surface area contributed by atoms with Gasteiger partial charge >= 0.3 is 0 Å². The summed E-state index contributed by atoms with van der Waals surface area (Å²) < 4.78 is 0.679. The lowest BCUT2D eigenvalue weighted by atomic mass is 9.84. The summed E-state index contributed by atoms with van der Waals surface area (Å²) in [7, 11) is 2.09. The maximum Gasteiger partial charge on any atom is 0.266 e. The van der Waals surface area contributed by atoms with E-state index in [9.17, 15) is 4.79 Å². The zero-order valence-corrected chi connectivity index (χ0v) is 17.5. The van der Waals surface area contributed by atoms with E-state index in [1.54, 1.807) is 4.90 Å². The molecule has 5 heteroatoms. The minimum absolute atomic E-state index is 0.0453. The third kappa shape index (κ3) is 3.35. The monoisotopic (exact) mass is 386 g/mol. The van der Waals surface area contributed by atoms with Crippen molar-refractivity contribution in [2.24, 2.45) is 0 Å². The Balaban J connectivity index is 1.83. The quantitative estimate of drug-likeness (QED) is 0.393. The van der Waals surface area contributed by atoms with E-state index in [2.05, 4.69) is 63.1 Å². The van der Waals surface area contributed by atoms with Crippen molar-refractivity contribution in [1.82, 2.24) is 4.90 Å². The van der Waals surface area contributed by atoms with E-state index in [1.165, 1.54) is 28.7 Å². The number of rotatable bonds is 5. The summed E-state index contributed by atoms with van der Waals surface area (Å²) >= 11 is 6.83. The predicted molar refractivity (Wildman–Crippen MR) is 115 cm³/mol. The Hall–Kier alpha value is -1.59. The molecule has 1 fully saturated rings. The molecule has 3 nitrogen and oxygen atoms in total. The number of fused-ring (bicyclic) bond motifs is 1. The number of unbranched alkanes of at least 4 members (excludes halogenated alkanes) is 2. The molecule has 0 radical (unpaired) electrons. The number of carbonyl (C=O) groups is 1. The van der Waals surface area contributed by atoms with Crippen molar-refractivity contribution in [2.45, 2.75) is 45.4 Å². The molecule has 1 saturated heterocycles. The van der Waals surface area contributed by atoms with E-state index < -0.39 is 0 Å². The second kappa shape index (κ2) is 7.57. The lowest BCUT2D eigenvalue weighted by Gasteiger charge is -2.23. The van der Waals surface area contributed by atoms with Gasteiger partial charge in [0.1, 0.15) is 4.32 Å². The van der Waals surface area contributed by atoms with Gasteiger partial charge < -0.3 is 4.90 Å². The van der Waals surface area contributed by atoms with Crippen molar-refractivity contribution in [3.05, 3.63) is 52.6 Å². The molecule has 0 atom stereocenters. The van der Waals surface area contributed by atoms with Gasteiger partial charge in [-0.3, -0.25) is 9.69 Å². The van der Waals surface area contributed by atoms with Crippen LogP contribution >= 0.6 is 24.0 Å². The maximum absolute atomic E-state index is 12.7. The Morgan fingerprint density at radius 1 is 1.19 bits per heavy atom. The van der Waals surface area contributed by atoms with Crippen LogP contribution in [-0.4, -0.2) is 28.7 Å². The standard InChI is InChI=1S/C21H26N2OS2/c1-5-6-9-14-23-19(24)17(26-20(23)25)12-13-18-21(2,3)15-10-7-8-11-16(15)22(18)4/h7-8,10-13H,5-6,9,14H2,1-4H3/b17-12-,18-13+. The molecule has 138 valence electrons. The predicted octanol–water partition coefficient (Wildman–Crippen LogP) is 5.23. The molecule has 2 aliphatic heterocycles. The summed E-state index contributed by atoms with van der Waals surface area (Å²) in [6.45, 7) is 7.34. The first-order chi connectivity index (χ1) is 12.4. The highest BCUT2D eigenvalue weighted by atomic mass is 32.2. The molecule has 0 bridgehead atoms. The molecule has 2 aliphatic rings. The lowest BCUT2D eigenvalue weighted by Crippen LogP contribution is -2.29. The number of allylic oxidation sites excluding steroid dienone is 3. The second-order valence-electron chi connectivity index (χ2n) is 7.32. The van der Waals surface area contributed by atoms with Gasteiger partial charge in [-0.15, -0.1) is 0 Å². The van der Waals surface area contributed by atoms with Gasteiger partial charge in [0.2, 0.25) is 0 Å². The molecule has 0 saturated carbocycles. The fourth-order valence-electron chi connectivity index (χ4n) is 3.68. The Kier molecular flexibility index (Phi) is 5.58. The molecule has 1 aromatic carbocycles. The van der Waals surface area contributed by atoms with Gasteiger partial charge in [0, 0.05) is 30.4 Å². The fourth-order valence-corrected chi connectivity index (χ4v) is 4.93. The van der Waals surface area contributed by atoms with E-state index in [0.29, 0.717) is 4.32 Å². The first-order valence-electron chi connectivity index (χ1n) is 9.17. The van der Waals surface area contributed by atoms with Crippen LogP contribution in [-0.2, 0) is 10.2 Å². The van der Waals surface area contributed by atoms with E-state index in [-0.39, 0.29) is 11.3 Å². The van der Waals surface area contributed by atoms with Crippen LogP contribution in [0.1, 0.15) is 45.6 Å². The van der Waals surface area contributed by atoms with Crippen LogP contribution < -0.4 is 4.90 Å². The molecule has 2 heterocycles. The average molecular weight is 387 g/mol. The lowest BCUT2D eigenvalue weighted by molar-refractivity contribution is -0.122. The number of carbonyl (C=O) groups excluding carboxylic acids is 1. The molecule has 0 spiro atoms. The summed E-state index contributed by atoms with van der Waals surface area (Å²) in [5.41, 5.74) is 3.64. The summed E-state index contributed by atoms with van der Waals surface area (Å²) in [6.07, 6.45) is 7.29. The molecule has 0 aromatic heterocycles. The van der Waals surface area contributed by atoms with Gasteiger partial charge in [-0.05, 0) is 30.2 Å². The Bertz CT molecular complexity index is 795. The van der Waals surface area contributed by atoms with E-state index >= 15 is 0 Å². The molecular weight excluding hydrogens is 360 g/mol. The minimum Gasteiger partial charge on any atom is -0.347 e. The van der Waals surface area contributed by atoms with Gasteiger partial charge in [-0.2, -0.15) is 0 Å². The van der Waals surface area contributed by atoms with Crippen molar-refractivity contribution in [3.8, 4) is 0 Å². The van der Waals surface area contributed by atoms with Gasteiger partial charge in [0.15, 0.2) is 0 Å². The highest BCUT2D eigenvalue weighted by molar-refractivity contribution is 8.26. The Morgan fingerprint density at radius 3 is 2.62 bits per heavy atom. The van der Waals surface area contributed by atoms with Crippen LogP contribution in [0, 0.1) is 0 Å². The first kappa shape index (κ1) is 19.2. The van der Waals surface area contributed by atoms with E-state index in [1.807, 2.05) is 6.08 Å². The number of thiocarbonyl (C=S) groups is 1. The highest BCUT2D eigenvalue weighted by Crippen LogP contribution is 2.46. The number of thioether (sulfide) groups is 1. The number of hydrogen-bond donors (Lipinski definition) is 0. The normalized spacial score (nSPS) is 22.0. The minimum atomic E-state index is -0.0873. The van der Waals surface area contributed by atoms with Crippen molar-refractivity contribution < 1.29 is 4.79 Å². The third-order valence-electron chi connectivity index (χ3n) is 5.19. The van der Waals surface area contributed by atoms with Crippen LogP contribution in [0.5, 0.6) is 0 Å². The molecule has 26 heavy (non-hydrogen) atoms. The topological polar surface area (TPSA) is 23.6 Å². The van der Waals surface area contributed by atoms with Gasteiger partial charge in [-0.25, -0.2) is 0 Å². The van der Waals surface area contributed by atoms with Gasteiger partial charge in [0.25, 0.3) is 5.91 Å². The molecule has 1 amide bonds. The number of anilines is 1. The molecular formula is C21H26N2OS2. The fraction of sp³-hybridized carbons (Fsp3) is 0.429. The second-order valence-corrected chi connectivity index (χ2v) is 8.99. The molecule has 3 rings (SSSR count). The summed E-state index contributed by atoms with van der Waals surface area (Å²) in [5, 5.41) is 0. The van der Waals surface area contributed by atoms with Crippen molar-refractivity contribution in [3.63, 3.8) is 0 Å². The molecule has 0 aliphatic carbocycles. The van der Waals surface area contributed by atoms with E-state index in [0.717, 1.165) is 30.7 Å². The number of amides is 1. The number of likely N-dealkylation sites (N-methyl/N-ethyl adjacent to an activating group) is 1. The number of benzene rings is 1. The zero-order valence-electron chi connectivity index (χ0n) is 15.9. The van der Waals surface area contributed by atoms with Crippen molar-refractivity contribution in [1.29, 1.82) is 0 Å². The summed E-state index contributed by atoms with van der Waals surface area (Å²) in [6, 6.07) is 8.47. The third-order valence-corrected chi connectivity index (χ3v) is 6.59. The van der Waals surface area contributed by atoms with E-state index in [4.69, 9.17) is 12.2 Å². The molecule has 1 aromatic rings. The average Bonchev–Trinajstić information content (AvgIpc) is 2.99. The van der Waals surface area contributed by atoms with Crippen LogP contribution in [0.25, 0.3) is 0 Å². The number of hydrogen-bond acceptors (Lipinski definition) is 4. The highest BCUT2D eigenvalue weighted by Gasteiger charge is 2.38. The zero-order chi connectivity index (χ0) is 18.9. The SMILES string of the molecule is CCCCCN1C(=O)/C(=C/C=C2/N(C)c3ccccc3C2(C)C)SC1=S. The van der Waals surface area contributed by atoms with Crippen molar-refractivity contribution in [2.75, 3.05) is 18.5 Å². The Morgan fingerprint density at radius 2 is 1.92 bits per heavy atom. The van der Waals surface area contributed by atoms with Crippen LogP contribution in [0.3, 0.4) is 0 Å². The smallest absolute Gasteiger partial charge is 0.266 e. The molecule has 0 unspecified atom stereocenters. The van der Waals surface area contributed by atoms with Gasteiger partial charge in [0.05, 0.1) is 4.91 Å². The largest absolute Gasteiger partial charge is 0.347 e.